The lowest BCUT2D eigenvalue weighted by Crippen LogP contribution is -2.13. The van der Waals surface area contributed by atoms with E-state index >= 15 is 0 Å². The molecule has 1 aliphatic heterocycles. The topological polar surface area (TPSA) is 70.2 Å². The smallest absolute Gasteiger partial charge is 0.336 e. The normalized spacial score (nSPS) is 14.2. The van der Waals surface area contributed by atoms with Crippen LogP contribution in [-0.2, 0) is 11.5 Å². The highest BCUT2D eigenvalue weighted by molar-refractivity contribution is 7.98. The van der Waals surface area contributed by atoms with Crippen LogP contribution < -0.4 is 5.56 Å². The maximum Gasteiger partial charge on any atom is 0.336 e. The Bertz CT molecular complexity index is 424. The molecule has 2 heterocycles. The summed E-state index contributed by atoms with van der Waals surface area (Å²) < 4.78 is 0. The molecule has 13 heavy (non-hydrogen) atoms. The molecular formula is C8H7NO3S. The average molecular weight is 197 g/mol. The minimum absolute atomic E-state index is 0.142. The summed E-state index contributed by atoms with van der Waals surface area (Å²) in [5, 5.41) is 8.81. The third-order valence-electron chi connectivity index (χ3n) is 1.96. The fourth-order valence-corrected chi connectivity index (χ4v) is 2.46. The maximum absolute atomic E-state index is 11.0. The number of rotatable bonds is 1. The van der Waals surface area contributed by atoms with Crippen molar-refractivity contribution in [3.8, 4) is 0 Å². The summed E-state index contributed by atoms with van der Waals surface area (Å²) in [6.07, 6.45) is 0. The molecule has 4 nitrogen and oxygen atoms in total. The number of aromatic nitrogens is 1. The van der Waals surface area contributed by atoms with Gasteiger partial charge in [0, 0.05) is 23.3 Å². The molecule has 2 rings (SSSR count). The van der Waals surface area contributed by atoms with Gasteiger partial charge in [-0.2, -0.15) is 11.8 Å². The molecule has 0 aromatic carbocycles. The molecule has 0 bridgehead atoms. The van der Waals surface area contributed by atoms with Crippen LogP contribution in [0, 0.1) is 0 Å². The predicted octanol–water partition coefficient (Wildman–Crippen LogP) is 0.820. The molecule has 0 saturated heterocycles. The molecule has 0 fully saturated rings. The van der Waals surface area contributed by atoms with Crippen LogP contribution >= 0.6 is 11.8 Å². The van der Waals surface area contributed by atoms with E-state index in [-0.39, 0.29) is 11.1 Å². The van der Waals surface area contributed by atoms with Crippen molar-refractivity contribution in [3.63, 3.8) is 0 Å². The second-order valence-electron chi connectivity index (χ2n) is 2.80. The number of nitrogens with one attached hydrogen (secondary N) is 1. The van der Waals surface area contributed by atoms with Crippen LogP contribution in [0.3, 0.4) is 0 Å². The minimum atomic E-state index is -1.02. The van der Waals surface area contributed by atoms with Gasteiger partial charge in [0.1, 0.15) is 0 Å². The lowest BCUT2D eigenvalue weighted by Gasteiger charge is -2.01. The quantitative estimate of drug-likeness (QED) is 0.699. The Balaban J connectivity index is 2.69. The molecule has 0 atom stereocenters. The molecule has 68 valence electrons. The van der Waals surface area contributed by atoms with Gasteiger partial charge < -0.3 is 10.1 Å². The zero-order valence-electron chi connectivity index (χ0n) is 6.66. The molecule has 0 spiro atoms. The number of carbonyl (C=O) groups is 1. The Labute approximate surface area is 78.0 Å². The predicted molar refractivity (Wildman–Crippen MR) is 49.0 cm³/mol. The second-order valence-corrected chi connectivity index (χ2v) is 3.79. The Hall–Kier alpha value is -1.23. The average Bonchev–Trinajstić information content (AvgIpc) is 2.49. The van der Waals surface area contributed by atoms with Crippen molar-refractivity contribution in [1.82, 2.24) is 4.98 Å². The van der Waals surface area contributed by atoms with Crippen LogP contribution in [0.25, 0.3) is 0 Å². The minimum Gasteiger partial charge on any atom is -0.478 e. The number of pyridine rings is 1. The van der Waals surface area contributed by atoms with E-state index in [1.807, 2.05) is 0 Å². The van der Waals surface area contributed by atoms with Gasteiger partial charge in [-0.15, -0.1) is 0 Å². The van der Waals surface area contributed by atoms with Crippen molar-refractivity contribution in [2.45, 2.75) is 11.5 Å². The summed E-state index contributed by atoms with van der Waals surface area (Å²) in [6.45, 7) is 0. The van der Waals surface area contributed by atoms with Crippen molar-refractivity contribution in [3.05, 3.63) is 33.2 Å². The van der Waals surface area contributed by atoms with Crippen LogP contribution in [-0.4, -0.2) is 16.1 Å². The van der Waals surface area contributed by atoms with Crippen LogP contribution in [0.5, 0.6) is 0 Å². The molecule has 0 unspecified atom stereocenters. The fourth-order valence-electron chi connectivity index (χ4n) is 1.38. The Kier molecular flexibility index (Phi) is 1.88. The van der Waals surface area contributed by atoms with E-state index in [0.29, 0.717) is 11.5 Å². The van der Waals surface area contributed by atoms with Gasteiger partial charge in [-0.25, -0.2) is 4.79 Å². The van der Waals surface area contributed by atoms with E-state index in [2.05, 4.69) is 4.98 Å². The number of thioether (sulfide) groups is 1. The first kappa shape index (κ1) is 8.37. The van der Waals surface area contributed by atoms with Crippen LogP contribution in [0.4, 0.5) is 0 Å². The first-order valence-corrected chi connectivity index (χ1v) is 4.90. The summed E-state index contributed by atoms with van der Waals surface area (Å²) in [6, 6.07) is 1.15. The number of hydrogen-bond donors (Lipinski definition) is 2. The number of carboxylic acids is 1. The van der Waals surface area contributed by atoms with Gasteiger partial charge in [0.25, 0.3) is 0 Å². The molecule has 1 aromatic rings. The number of carboxylic acid groups (broad SMARTS) is 1. The largest absolute Gasteiger partial charge is 0.478 e. The maximum atomic E-state index is 11.0. The standard InChI is InChI=1S/C8H7NO3S/c10-7-1-4(8(11)12)5-2-13-3-6(5)9-7/h1H,2-3H2,(H,9,10)(H,11,12). The van der Waals surface area contributed by atoms with Crippen molar-refractivity contribution < 1.29 is 9.90 Å². The molecule has 0 saturated carbocycles. The lowest BCUT2D eigenvalue weighted by atomic mass is 10.1. The Morgan fingerprint density at radius 3 is 3.00 bits per heavy atom. The van der Waals surface area contributed by atoms with Crippen molar-refractivity contribution in [1.29, 1.82) is 0 Å². The van der Waals surface area contributed by atoms with E-state index in [0.717, 1.165) is 17.3 Å². The summed E-state index contributed by atoms with van der Waals surface area (Å²) in [5.41, 5.74) is 1.33. The first-order chi connectivity index (χ1) is 6.18. The van der Waals surface area contributed by atoms with Crippen LogP contribution in [0.2, 0.25) is 0 Å². The summed E-state index contributed by atoms with van der Waals surface area (Å²) in [7, 11) is 0. The first-order valence-electron chi connectivity index (χ1n) is 3.74. The van der Waals surface area contributed by atoms with Crippen molar-refractivity contribution in [2.24, 2.45) is 0 Å². The highest BCUT2D eigenvalue weighted by Gasteiger charge is 2.20. The van der Waals surface area contributed by atoms with E-state index in [1.54, 1.807) is 11.8 Å². The van der Waals surface area contributed by atoms with Crippen LogP contribution in [0.15, 0.2) is 10.9 Å². The monoisotopic (exact) mass is 197 g/mol. The van der Waals surface area contributed by atoms with Gasteiger partial charge in [0.15, 0.2) is 0 Å². The summed E-state index contributed by atoms with van der Waals surface area (Å²) in [5.74, 6) is 0.351. The SMILES string of the molecule is O=C(O)c1cc(=O)[nH]c2c1CSC2. The number of aromatic amines is 1. The molecule has 2 N–H and O–H groups in total. The van der Waals surface area contributed by atoms with Gasteiger partial charge in [-0.1, -0.05) is 0 Å². The van der Waals surface area contributed by atoms with Crippen molar-refractivity contribution in [2.75, 3.05) is 0 Å². The molecule has 1 aromatic heterocycles. The number of aromatic carboxylic acids is 1. The van der Waals surface area contributed by atoms with Gasteiger partial charge in [-0.05, 0) is 5.56 Å². The Morgan fingerprint density at radius 1 is 1.54 bits per heavy atom. The zero-order valence-corrected chi connectivity index (χ0v) is 7.48. The van der Waals surface area contributed by atoms with Gasteiger partial charge in [0.2, 0.25) is 5.56 Å². The Morgan fingerprint density at radius 2 is 2.31 bits per heavy atom. The third kappa shape index (κ3) is 1.35. The molecule has 0 radical (unpaired) electrons. The summed E-state index contributed by atoms with van der Waals surface area (Å²) >= 11 is 1.61. The van der Waals surface area contributed by atoms with Gasteiger partial charge in [0.05, 0.1) is 5.56 Å². The fraction of sp³-hybridized carbons (Fsp3) is 0.250. The van der Waals surface area contributed by atoms with E-state index in [4.69, 9.17) is 5.11 Å². The number of hydrogen-bond acceptors (Lipinski definition) is 3. The molecular weight excluding hydrogens is 190 g/mol. The molecule has 5 heteroatoms. The molecule has 1 aliphatic rings. The van der Waals surface area contributed by atoms with Gasteiger partial charge >= 0.3 is 5.97 Å². The second kappa shape index (κ2) is 2.92. The number of fused-ring (bicyclic) bond motifs is 1. The molecule has 0 aliphatic carbocycles. The lowest BCUT2D eigenvalue weighted by molar-refractivity contribution is 0.0695. The van der Waals surface area contributed by atoms with E-state index < -0.39 is 5.97 Å². The zero-order chi connectivity index (χ0) is 9.42. The van der Waals surface area contributed by atoms with E-state index in [1.165, 1.54) is 0 Å². The number of H-pyrrole nitrogens is 1. The van der Waals surface area contributed by atoms with Gasteiger partial charge in [-0.3, -0.25) is 4.79 Å². The molecule has 0 amide bonds. The highest BCUT2D eigenvalue weighted by atomic mass is 32.2. The highest BCUT2D eigenvalue weighted by Crippen LogP contribution is 2.29. The van der Waals surface area contributed by atoms with Crippen molar-refractivity contribution >= 4 is 17.7 Å². The summed E-state index contributed by atoms with van der Waals surface area (Å²) in [4.78, 5) is 24.4. The third-order valence-corrected chi connectivity index (χ3v) is 2.95. The van der Waals surface area contributed by atoms with E-state index in [9.17, 15) is 9.59 Å². The van der Waals surface area contributed by atoms with Crippen LogP contribution in [0.1, 0.15) is 21.6 Å².